The second kappa shape index (κ2) is 7.13. The first-order valence-corrected chi connectivity index (χ1v) is 8.99. The lowest BCUT2D eigenvalue weighted by Gasteiger charge is -2.21. The quantitative estimate of drug-likeness (QED) is 0.841. The summed E-state index contributed by atoms with van der Waals surface area (Å²) >= 11 is 0. The van der Waals surface area contributed by atoms with Crippen LogP contribution in [0.25, 0.3) is 0 Å². The van der Waals surface area contributed by atoms with Gasteiger partial charge in [0.05, 0.1) is 5.75 Å². The van der Waals surface area contributed by atoms with Crippen LogP contribution in [0.1, 0.15) is 32.3 Å². The lowest BCUT2D eigenvalue weighted by atomic mass is 10.0. The molecule has 0 aliphatic rings. The Labute approximate surface area is 130 Å². The molecular formula is C14H20ClNO4S. The van der Waals surface area contributed by atoms with Gasteiger partial charge < -0.3 is 10.1 Å². The largest absolute Gasteiger partial charge is 0.444 e. The highest BCUT2D eigenvalue weighted by molar-refractivity contribution is 8.13. The fourth-order valence-electron chi connectivity index (χ4n) is 1.76. The number of halogens is 1. The third kappa shape index (κ3) is 7.92. The molecule has 1 aromatic rings. The lowest BCUT2D eigenvalue weighted by molar-refractivity contribution is 0.0525. The van der Waals surface area contributed by atoms with Crippen molar-refractivity contribution in [1.82, 2.24) is 5.32 Å². The van der Waals surface area contributed by atoms with Gasteiger partial charge in [-0.2, -0.15) is 0 Å². The molecule has 0 aliphatic heterocycles. The van der Waals surface area contributed by atoms with Crippen LogP contribution in [0.3, 0.4) is 0 Å². The van der Waals surface area contributed by atoms with Crippen molar-refractivity contribution in [3.05, 3.63) is 35.9 Å². The van der Waals surface area contributed by atoms with Crippen molar-refractivity contribution in [1.29, 1.82) is 0 Å². The summed E-state index contributed by atoms with van der Waals surface area (Å²) in [6, 6.07) is 9.03. The van der Waals surface area contributed by atoms with Gasteiger partial charge in [0.15, 0.2) is 0 Å². The van der Waals surface area contributed by atoms with Crippen molar-refractivity contribution >= 4 is 25.8 Å². The summed E-state index contributed by atoms with van der Waals surface area (Å²) in [5.74, 6) is -0.685. The Bertz CT molecular complexity index is 566. The van der Waals surface area contributed by atoms with Gasteiger partial charge in [-0.15, -0.1) is 0 Å². The van der Waals surface area contributed by atoms with Crippen LogP contribution in [-0.2, 0) is 13.8 Å². The molecule has 1 unspecified atom stereocenters. The predicted molar refractivity (Wildman–Crippen MR) is 83.1 cm³/mol. The van der Waals surface area contributed by atoms with Gasteiger partial charge in [0.1, 0.15) is 5.60 Å². The Morgan fingerprint density at radius 2 is 1.86 bits per heavy atom. The molecule has 1 rings (SSSR count). The molecule has 118 valence electrons. The van der Waals surface area contributed by atoms with Crippen molar-refractivity contribution in [2.24, 2.45) is 0 Å². The molecule has 0 saturated heterocycles. The number of carbonyl (C=O) groups is 1. The Hall–Kier alpha value is -1.27. The van der Waals surface area contributed by atoms with Crippen molar-refractivity contribution in [2.75, 3.05) is 12.3 Å². The van der Waals surface area contributed by atoms with E-state index < -0.39 is 26.7 Å². The van der Waals surface area contributed by atoms with E-state index in [-0.39, 0.29) is 12.3 Å². The highest BCUT2D eigenvalue weighted by Gasteiger charge is 2.21. The van der Waals surface area contributed by atoms with E-state index in [2.05, 4.69) is 5.32 Å². The molecule has 0 heterocycles. The maximum Gasteiger partial charge on any atom is 0.407 e. The molecule has 1 amide bonds. The zero-order valence-corrected chi connectivity index (χ0v) is 13.9. The van der Waals surface area contributed by atoms with E-state index in [1.807, 2.05) is 6.07 Å². The third-order valence-electron chi connectivity index (χ3n) is 2.56. The minimum absolute atomic E-state index is 0.130. The van der Waals surface area contributed by atoms with E-state index in [0.717, 1.165) is 5.56 Å². The number of hydrogen-bond donors (Lipinski definition) is 1. The fraction of sp³-hybridized carbons (Fsp3) is 0.500. The van der Waals surface area contributed by atoms with Gasteiger partial charge >= 0.3 is 6.09 Å². The number of amides is 1. The van der Waals surface area contributed by atoms with Crippen LogP contribution < -0.4 is 5.32 Å². The van der Waals surface area contributed by atoms with Gasteiger partial charge in [-0.3, -0.25) is 0 Å². The monoisotopic (exact) mass is 333 g/mol. The fourth-order valence-corrected chi connectivity index (χ4v) is 3.01. The molecule has 7 heteroatoms. The van der Waals surface area contributed by atoms with E-state index >= 15 is 0 Å². The number of hydrogen-bond acceptors (Lipinski definition) is 4. The first kappa shape index (κ1) is 17.8. The van der Waals surface area contributed by atoms with Gasteiger partial charge in [-0.1, -0.05) is 30.3 Å². The molecule has 0 radical (unpaired) electrons. The molecule has 0 aliphatic carbocycles. The molecule has 21 heavy (non-hydrogen) atoms. The number of nitrogens with one attached hydrogen (secondary N) is 1. The minimum atomic E-state index is -3.67. The van der Waals surface area contributed by atoms with Crippen LogP contribution in [0.15, 0.2) is 30.3 Å². The van der Waals surface area contributed by atoms with Gasteiger partial charge in [-0.05, 0) is 26.3 Å². The molecule has 1 aromatic carbocycles. The maximum atomic E-state index is 11.6. The van der Waals surface area contributed by atoms with Crippen LogP contribution in [0, 0.1) is 0 Å². The number of rotatable bonds is 5. The average Bonchev–Trinajstić information content (AvgIpc) is 2.32. The topological polar surface area (TPSA) is 72.5 Å². The van der Waals surface area contributed by atoms with Crippen LogP contribution >= 0.6 is 10.7 Å². The normalized spacial score (nSPS) is 13.5. The van der Waals surface area contributed by atoms with Crippen molar-refractivity contribution < 1.29 is 17.9 Å². The molecule has 0 aromatic heterocycles. The highest BCUT2D eigenvalue weighted by atomic mass is 35.7. The van der Waals surface area contributed by atoms with Crippen LogP contribution in [0.2, 0.25) is 0 Å². The predicted octanol–water partition coefficient (Wildman–Crippen LogP) is 2.86. The second-order valence-electron chi connectivity index (χ2n) is 5.70. The van der Waals surface area contributed by atoms with Gasteiger partial charge in [0, 0.05) is 23.1 Å². The molecule has 0 saturated carbocycles. The minimum Gasteiger partial charge on any atom is -0.444 e. The standard InChI is InChI=1S/C14H20ClNO4S/c1-14(2,3)20-13(17)16-9-12(10-21(15,18)19)11-7-5-4-6-8-11/h4-8,12H,9-10H2,1-3H3,(H,16,17). The van der Waals surface area contributed by atoms with Crippen LogP contribution in [0.5, 0.6) is 0 Å². The summed E-state index contributed by atoms with van der Waals surface area (Å²) in [4.78, 5) is 11.6. The SMILES string of the molecule is CC(C)(C)OC(=O)NCC(CS(=O)(=O)Cl)c1ccccc1. The van der Waals surface area contributed by atoms with Gasteiger partial charge in [0.25, 0.3) is 0 Å². The molecule has 0 bridgehead atoms. The summed E-state index contributed by atoms with van der Waals surface area (Å²) < 4.78 is 27.7. The van der Waals surface area contributed by atoms with E-state index in [0.29, 0.717) is 0 Å². The molecule has 0 fully saturated rings. The van der Waals surface area contributed by atoms with E-state index in [1.54, 1.807) is 45.0 Å². The first-order valence-electron chi connectivity index (χ1n) is 6.51. The Morgan fingerprint density at radius 1 is 1.29 bits per heavy atom. The number of carbonyl (C=O) groups excluding carboxylic acids is 1. The summed E-state index contributed by atoms with van der Waals surface area (Å²) in [6.45, 7) is 5.39. The van der Waals surface area contributed by atoms with Crippen LogP contribution in [0.4, 0.5) is 4.79 Å². The maximum absolute atomic E-state index is 11.6. The smallest absolute Gasteiger partial charge is 0.407 e. The second-order valence-corrected chi connectivity index (χ2v) is 8.52. The Morgan fingerprint density at radius 3 is 2.33 bits per heavy atom. The van der Waals surface area contributed by atoms with E-state index in [1.165, 1.54) is 0 Å². The molecule has 5 nitrogen and oxygen atoms in total. The van der Waals surface area contributed by atoms with Gasteiger partial charge in [0.2, 0.25) is 9.05 Å². The zero-order valence-electron chi connectivity index (χ0n) is 12.3. The molecule has 1 atom stereocenters. The highest BCUT2D eigenvalue weighted by Crippen LogP contribution is 2.19. The number of alkyl carbamates (subject to hydrolysis) is 1. The van der Waals surface area contributed by atoms with Crippen LogP contribution in [-0.4, -0.2) is 32.4 Å². The number of ether oxygens (including phenoxy) is 1. The van der Waals surface area contributed by atoms with E-state index in [9.17, 15) is 13.2 Å². The summed E-state index contributed by atoms with van der Waals surface area (Å²) in [7, 11) is 1.65. The molecule has 0 spiro atoms. The summed E-state index contributed by atoms with van der Waals surface area (Å²) in [5, 5.41) is 2.58. The van der Waals surface area contributed by atoms with Gasteiger partial charge in [-0.25, -0.2) is 13.2 Å². The first-order chi connectivity index (χ1) is 9.57. The van der Waals surface area contributed by atoms with Crippen molar-refractivity contribution in [3.63, 3.8) is 0 Å². The lowest BCUT2D eigenvalue weighted by Crippen LogP contribution is -2.35. The van der Waals surface area contributed by atoms with E-state index in [4.69, 9.17) is 15.4 Å². The average molecular weight is 334 g/mol. The number of benzene rings is 1. The summed E-state index contributed by atoms with van der Waals surface area (Å²) in [6.07, 6.45) is -0.588. The van der Waals surface area contributed by atoms with Crippen molar-refractivity contribution in [2.45, 2.75) is 32.3 Å². The molecular weight excluding hydrogens is 314 g/mol. The van der Waals surface area contributed by atoms with Crippen molar-refractivity contribution in [3.8, 4) is 0 Å². The Balaban J connectivity index is 2.73. The Kier molecular flexibility index (Phi) is 6.04. The summed E-state index contributed by atoms with van der Waals surface area (Å²) in [5.41, 5.74) is 0.183. The molecule has 1 N–H and O–H groups in total. The third-order valence-corrected chi connectivity index (χ3v) is 3.74. The zero-order chi connectivity index (χ0) is 16.1.